The van der Waals surface area contributed by atoms with Crippen LogP contribution >= 0.6 is 0 Å². The average Bonchev–Trinajstić information content (AvgIpc) is 2.34. The standard InChI is InChI=1S/C14H17FN4/c1-4-16-14-17-10(3)8-12(19-14)18-13-9(2)6-5-7-11(13)15/h5-8H,4H2,1-3H3,(H2,16,17,18,19). The van der Waals surface area contributed by atoms with E-state index in [1.54, 1.807) is 12.1 Å². The van der Waals surface area contributed by atoms with Crippen LogP contribution in [0.15, 0.2) is 24.3 Å². The average molecular weight is 260 g/mol. The molecule has 0 spiro atoms. The molecule has 19 heavy (non-hydrogen) atoms. The Morgan fingerprint density at radius 2 is 2.00 bits per heavy atom. The van der Waals surface area contributed by atoms with Gasteiger partial charge in [-0.2, -0.15) is 4.98 Å². The Bertz CT molecular complexity index is 563. The normalized spacial score (nSPS) is 10.3. The highest BCUT2D eigenvalue weighted by molar-refractivity contribution is 5.62. The highest BCUT2D eigenvalue weighted by Crippen LogP contribution is 2.23. The fourth-order valence-corrected chi connectivity index (χ4v) is 1.79. The van der Waals surface area contributed by atoms with E-state index in [9.17, 15) is 4.39 Å². The Balaban J connectivity index is 2.33. The first kappa shape index (κ1) is 13.3. The molecule has 0 unspecified atom stereocenters. The van der Waals surface area contributed by atoms with E-state index in [1.807, 2.05) is 26.8 Å². The van der Waals surface area contributed by atoms with Gasteiger partial charge in [-0.1, -0.05) is 12.1 Å². The van der Waals surface area contributed by atoms with Crippen molar-refractivity contribution in [2.24, 2.45) is 0 Å². The second-order valence-electron chi connectivity index (χ2n) is 4.31. The van der Waals surface area contributed by atoms with Crippen LogP contribution in [0.4, 0.5) is 21.8 Å². The number of halogens is 1. The van der Waals surface area contributed by atoms with Crippen LogP contribution in [-0.4, -0.2) is 16.5 Å². The van der Waals surface area contributed by atoms with Crippen LogP contribution < -0.4 is 10.6 Å². The van der Waals surface area contributed by atoms with Crippen molar-refractivity contribution in [3.05, 3.63) is 41.3 Å². The number of benzene rings is 1. The summed E-state index contributed by atoms with van der Waals surface area (Å²) < 4.78 is 13.8. The van der Waals surface area contributed by atoms with E-state index in [0.29, 0.717) is 17.5 Å². The van der Waals surface area contributed by atoms with Gasteiger partial charge in [0.25, 0.3) is 0 Å². The van der Waals surface area contributed by atoms with Gasteiger partial charge in [0.2, 0.25) is 5.95 Å². The molecular weight excluding hydrogens is 243 g/mol. The molecule has 1 aromatic heterocycles. The summed E-state index contributed by atoms with van der Waals surface area (Å²) in [5, 5.41) is 6.06. The van der Waals surface area contributed by atoms with Crippen molar-refractivity contribution in [1.29, 1.82) is 0 Å². The summed E-state index contributed by atoms with van der Waals surface area (Å²) in [4.78, 5) is 8.55. The molecule has 4 nitrogen and oxygen atoms in total. The Labute approximate surface area is 112 Å². The van der Waals surface area contributed by atoms with Crippen LogP contribution in [-0.2, 0) is 0 Å². The molecule has 0 aliphatic carbocycles. The Hall–Kier alpha value is -2.17. The van der Waals surface area contributed by atoms with Crippen molar-refractivity contribution < 1.29 is 4.39 Å². The third kappa shape index (κ3) is 3.19. The zero-order valence-corrected chi connectivity index (χ0v) is 11.3. The fourth-order valence-electron chi connectivity index (χ4n) is 1.79. The summed E-state index contributed by atoms with van der Waals surface area (Å²) in [6, 6.07) is 6.75. The van der Waals surface area contributed by atoms with Gasteiger partial charge in [-0.05, 0) is 32.4 Å². The van der Waals surface area contributed by atoms with Gasteiger partial charge in [-0.3, -0.25) is 0 Å². The lowest BCUT2D eigenvalue weighted by Crippen LogP contribution is -2.06. The summed E-state index contributed by atoms with van der Waals surface area (Å²) in [7, 11) is 0. The van der Waals surface area contributed by atoms with Crippen molar-refractivity contribution in [2.45, 2.75) is 20.8 Å². The quantitative estimate of drug-likeness (QED) is 0.884. The van der Waals surface area contributed by atoms with E-state index < -0.39 is 0 Å². The van der Waals surface area contributed by atoms with E-state index in [4.69, 9.17) is 0 Å². The second kappa shape index (κ2) is 5.65. The first-order valence-corrected chi connectivity index (χ1v) is 6.22. The largest absolute Gasteiger partial charge is 0.354 e. The number of aryl methyl sites for hydroxylation is 2. The fraction of sp³-hybridized carbons (Fsp3) is 0.286. The summed E-state index contributed by atoms with van der Waals surface area (Å²) in [5.41, 5.74) is 2.10. The summed E-state index contributed by atoms with van der Waals surface area (Å²) in [5.74, 6) is 0.830. The van der Waals surface area contributed by atoms with Gasteiger partial charge in [0.05, 0.1) is 5.69 Å². The first-order chi connectivity index (χ1) is 9.10. The van der Waals surface area contributed by atoms with Gasteiger partial charge < -0.3 is 10.6 Å². The number of para-hydroxylation sites is 1. The van der Waals surface area contributed by atoms with Crippen molar-refractivity contribution in [3.63, 3.8) is 0 Å². The third-order valence-corrected chi connectivity index (χ3v) is 2.66. The lowest BCUT2D eigenvalue weighted by Gasteiger charge is -2.11. The van der Waals surface area contributed by atoms with E-state index in [1.165, 1.54) is 6.07 Å². The van der Waals surface area contributed by atoms with Gasteiger partial charge in [0, 0.05) is 18.3 Å². The monoisotopic (exact) mass is 260 g/mol. The smallest absolute Gasteiger partial charge is 0.224 e. The van der Waals surface area contributed by atoms with Gasteiger partial charge in [-0.25, -0.2) is 9.37 Å². The Morgan fingerprint density at radius 3 is 2.68 bits per heavy atom. The Morgan fingerprint density at radius 1 is 1.21 bits per heavy atom. The highest BCUT2D eigenvalue weighted by atomic mass is 19.1. The first-order valence-electron chi connectivity index (χ1n) is 6.22. The molecule has 1 aromatic carbocycles. The molecule has 0 amide bonds. The molecule has 0 radical (unpaired) electrons. The maximum atomic E-state index is 13.8. The Kier molecular flexibility index (Phi) is 3.94. The maximum Gasteiger partial charge on any atom is 0.224 e. The van der Waals surface area contributed by atoms with Gasteiger partial charge >= 0.3 is 0 Å². The van der Waals surface area contributed by atoms with Crippen LogP contribution in [0.1, 0.15) is 18.2 Å². The molecule has 0 bridgehead atoms. The number of anilines is 3. The van der Waals surface area contributed by atoms with Crippen molar-refractivity contribution in [2.75, 3.05) is 17.2 Å². The predicted molar refractivity (Wildman–Crippen MR) is 75.4 cm³/mol. The van der Waals surface area contributed by atoms with Crippen molar-refractivity contribution in [3.8, 4) is 0 Å². The number of nitrogens with one attached hydrogen (secondary N) is 2. The molecule has 2 aromatic rings. The van der Waals surface area contributed by atoms with Crippen molar-refractivity contribution in [1.82, 2.24) is 9.97 Å². The summed E-state index contributed by atoms with van der Waals surface area (Å²) in [6.45, 7) is 6.44. The molecule has 2 N–H and O–H groups in total. The maximum absolute atomic E-state index is 13.8. The highest BCUT2D eigenvalue weighted by Gasteiger charge is 2.07. The van der Waals surface area contributed by atoms with Crippen LogP contribution in [0.25, 0.3) is 0 Å². The number of aromatic nitrogens is 2. The molecule has 1 heterocycles. The van der Waals surface area contributed by atoms with E-state index in [0.717, 1.165) is 17.8 Å². The zero-order valence-electron chi connectivity index (χ0n) is 11.3. The topological polar surface area (TPSA) is 49.8 Å². The van der Waals surface area contributed by atoms with Gasteiger partial charge in [0.1, 0.15) is 11.6 Å². The van der Waals surface area contributed by atoms with Crippen LogP contribution in [0.5, 0.6) is 0 Å². The molecule has 100 valence electrons. The molecule has 0 saturated heterocycles. The van der Waals surface area contributed by atoms with Crippen LogP contribution in [0, 0.1) is 19.7 Å². The minimum atomic E-state index is -0.290. The van der Waals surface area contributed by atoms with Gasteiger partial charge in [-0.15, -0.1) is 0 Å². The van der Waals surface area contributed by atoms with E-state index in [2.05, 4.69) is 20.6 Å². The second-order valence-corrected chi connectivity index (χ2v) is 4.31. The third-order valence-electron chi connectivity index (χ3n) is 2.66. The van der Waals surface area contributed by atoms with E-state index in [-0.39, 0.29) is 5.82 Å². The molecule has 0 saturated carbocycles. The van der Waals surface area contributed by atoms with Gasteiger partial charge in [0.15, 0.2) is 0 Å². The molecule has 0 fully saturated rings. The predicted octanol–water partition coefficient (Wildman–Crippen LogP) is 3.41. The van der Waals surface area contributed by atoms with Crippen LogP contribution in [0.2, 0.25) is 0 Å². The zero-order chi connectivity index (χ0) is 13.8. The van der Waals surface area contributed by atoms with Crippen LogP contribution in [0.3, 0.4) is 0 Å². The minimum absolute atomic E-state index is 0.290. The van der Waals surface area contributed by atoms with Crippen molar-refractivity contribution >= 4 is 17.5 Å². The molecule has 5 heteroatoms. The minimum Gasteiger partial charge on any atom is -0.354 e. The molecule has 0 aliphatic rings. The van der Waals surface area contributed by atoms with E-state index >= 15 is 0 Å². The number of nitrogens with zero attached hydrogens (tertiary/aromatic N) is 2. The molecular formula is C14H17FN4. The molecule has 0 atom stereocenters. The number of hydrogen-bond donors (Lipinski definition) is 2. The number of rotatable bonds is 4. The lowest BCUT2D eigenvalue weighted by atomic mass is 10.2. The summed E-state index contributed by atoms with van der Waals surface area (Å²) in [6.07, 6.45) is 0. The summed E-state index contributed by atoms with van der Waals surface area (Å²) >= 11 is 0. The molecule has 0 aliphatic heterocycles. The number of hydrogen-bond acceptors (Lipinski definition) is 4. The molecule has 2 rings (SSSR count). The SMILES string of the molecule is CCNc1nc(C)cc(Nc2c(C)cccc2F)n1. The lowest BCUT2D eigenvalue weighted by molar-refractivity contribution is 0.630.